The zero-order chi connectivity index (χ0) is 46.4. The Morgan fingerprint density at radius 1 is 0.609 bits per heavy atom. The fourth-order valence-corrected chi connectivity index (χ4v) is 10.7. The van der Waals surface area contributed by atoms with Crippen molar-refractivity contribution in [2.75, 3.05) is 5.32 Å². The zero-order valence-electron chi connectivity index (χ0n) is 32.1. The molecule has 3 aliphatic rings. The van der Waals surface area contributed by atoms with Crippen LogP contribution in [0, 0.1) is 16.4 Å². The molecular formula is C41H28N2O17S4. The number of aliphatic hydroxyl groups excluding tert-OH is 1. The minimum Gasteiger partial charge on any atom is -0.506 e. The standard InChI is InChI=1S/C41H28N2O17S4/c44-37(19-7-2-1-3-8-19)35-32-22-10-4-5-11-23(22)40(47)33-28(17-31(64(58,59)60)36(34(32)33)43-41(35)48)42-27-15-20(29(62(52,53)54)18-30(27)63(55,56)57)9-6-12-25-38(45)24-14-13-21(61(49,50)51)16-26(24)39(25)46/h1-5,7-8,10-11,13-18,25,42,44H,6,9,12H2,(H,49,50,51)(H,52,53,54)(H,55,56,57)(H,58,59,60). The number of aryl methyl sites for hydroxylation is 1. The molecule has 1 unspecified atom stereocenters. The Morgan fingerprint density at radius 2 is 1.22 bits per heavy atom. The highest BCUT2D eigenvalue weighted by Gasteiger charge is 2.39. The van der Waals surface area contributed by atoms with Gasteiger partial charge in [-0.15, -0.1) is 0 Å². The first-order chi connectivity index (χ1) is 29.9. The van der Waals surface area contributed by atoms with Crippen LogP contribution in [0.4, 0.5) is 11.4 Å². The van der Waals surface area contributed by atoms with Crippen molar-refractivity contribution < 1.29 is 66.6 Å². The maximum Gasteiger partial charge on any atom is 0.296 e. The summed E-state index contributed by atoms with van der Waals surface area (Å²) in [7, 11) is -21.0. The Kier molecular flexibility index (Phi) is 10.5. The van der Waals surface area contributed by atoms with Gasteiger partial charge >= 0.3 is 0 Å². The lowest BCUT2D eigenvalue weighted by molar-refractivity contribution is 0.0829. The summed E-state index contributed by atoms with van der Waals surface area (Å²) in [5, 5.41) is 12.5. The van der Waals surface area contributed by atoms with Crippen molar-refractivity contribution in [1.29, 1.82) is 0 Å². The number of aliphatic hydroxyl groups is 1. The quantitative estimate of drug-likeness (QED) is 0.0799. The van der Waals surface area contributed by atoms with E-state index in [0.29, 0.717) is 12.1 Å². The molecule has 328 valence electrons. The Balaban J connectivity index is 1.35. The summed E-state index contributed by atoms with van der Waals surface area (Å²) in [6.45, 7) is 0. The van der Waals surface area contributed by atoms with E-state index in [1.807, 2.05) is 0 Å². The molecular weight excluding hydrogens is 921 g/mol. The predicted molar refractivity (Wildman–Crippen MR) is 226 cm³/mol. The van der Waals surface area contributed by atoms with Gasteiger partial charge in [-0.1, -0.05) is 54.6 Å². The average molecular weight is 949 g/mol. The Morgan fingerprint density at radius 3 is 1.84 bits per heavy atom. The van der Waals surface area contributed by atoms with Crippen LogP contribution in [0.3, 0.4) is 0 Å². The van der Waals surface area contributed by atoms with Crippen molar-refractivity contribution in [1.82, 2.24) is 4.98 Å². The number of rotatable bonds is 11. The molecule has 1 aliphatic heterocycles. The molecule has 8 rings (SSSR count). The van der Waals surface area contributed by atoms with Crippen molar-refractivity contribution in [3.05, 3.63) is 149 Å². The minimum absolute atomic E-state index is 0.0278. The van der Waals surface area contributed by atoms with E-state index in [1.54, 1.807) is 18.2 Å². The first kappa shape index (κ1) is 44.1. The fraction of sp³-hybridized carbons (Fsp3) is 0.0976. The van der Waals surface area contributed by atoms with Gasteiger partial charge in [0.15, 0.2) is 17.0 Å². The fourth-order valence-electron chi connectivity index (χ4n) is 8.04. The average Bonchev–Trinajstić information content (AvgIpc) is 3.45. The molecule has 5 aromatic rings. The minimum atomic E-state index is -5.49. The van der Waals surface area contributed by atoms with Gasteiger partial charge in [0.2, 0.25) is 0 Å². The second-order valence-corrected chi connectivity index (χ2v) is 20.2. The third-order valence-electron chi connectivity index (χ3n) is 10.8. The summed E-state index contributed by atoms with van der Waals surface area (Å²) in [5.41, 5.74) is -4.83. The largest absolute Gasteiger partial charge is 0.506 e. The SMILES string of the molecule is O=C1c2ccc(S(=O)(=O)O)cc2C(=O)C1CCCc1cc(Nc2cc(S(=O)(=O)O)c3nc(=O)c(=C(O)c4ccccc4)c4c5ccccc5c(=O)c2c3=4)c(S(=O)(=O)O)cc1S(=O)(=O)O. The molecule has 0 aromatic heterocycles. The molecule has 64 heavy (non-hydrogen) atoms. The summed E-state index contributed by atoms with van der Waals surface area (Å²) in [4.78, 5) is 54.6. The third kappa shape index (κ3) is 7.56. The number of hydrogen-bond acceptors (Lipinski definition) is 15. The van der Waals surface area contributed by atoms with E-state index in [4.69, 9.17) is 0 Å². The third-order valence-corrected chi connectivity index (χ3v) is 14.3. The van der Waals surface area contributed by atoms with E-state index in [9.17, 15) is 76.2 Å². The highest BCUT2D eigenvalue weighted by Crippen LogP contribution is 2.37. The molecule has 0 radical (unpaired) electrons. The van der Waals surface area contributed by atoms with Gasteiger partial charge < -0.3 is 10.4 Å². The Labute approximate surface area is 360 Å². The number of carbonyl (C=O) groups is 2. The summed E-state index contributed by atoms with van der Waals surface area (Å²) in [6.07, 6.45) is -1.01. The van der Waals surface area contributed by atoms with Crippen molar-refractivity contribution in [2.24, 2.45) is 5.92 Å². The molecule has 0 bridgehead atoms. The monoisotopic (exact) mass is 948 g/mol. The number of carbonyl (C=O) groups excluding carboxylic acids is 2. The van der Waals surface area contributed by atoms with Crippen LogP contribution in [0.1, 0.15) is 44.7 Å². The van der Waals surface area contributed by atoms with Gasteiger partial charge in [0, 0.05) is 32.5 Å². The predicted octanol–water partition coefficient (Wildman–Crippen LogP) is 3.45. The van der Waals surface area contributed by atoms with Crippen LogP contribution in [0.5, 0.6) is 0 Å². The molecule has 2 aliphatic carbocycles. The lowest BCUT2D eigenvalue weighted by Gasteiger charge is -2.18. The van der Waals surface area contributed by atoms with Crippen LogP contribution in [0.2, 0.25) is 0 Å². The molecule has 1 heterocycles. The molecule has 5 aromatic carbocycles. The summed E-state index contributed by atoms with van der Waals surface area (Å²) >= 11 is 0. The van der Waals surface area contributed by atoms with Crippen LogP contribution >= 0.6 is 0 Å². The van der Waals surface area contributed by atoms with E-state index in [0.717, 1.165) is 24.3 Å². The number of Topliss-reactive ketones (excluding diaryl/α,β-unsaturated/α-hetero) is 2. The molecule has 0 saturated carbocycles. The number of ketones is 2. The van der Waals surface area contributed by atoms with Crippen molar-refractivity contribution >= 4 is 90.8 Å². The van der Waals surface area contributed by atoms with E-state index < -0.39 is 139 Å². The second-order valence-electron chi connectivity index (χ2n) is 14.6. The number of nitrogens with one attached hydrogen (secondary N) is 1. The van der Waals surface area contributed by atoms with Gasteiger partial charge in [0.1, 0.15) is 15.6 Å². The molecule has 6 N–H and O–H groups in total. The van der Waals surface area contributed by atoms with Crippen LogP contribution in [0.15, 0.2) is 120 Å². The smallest absolute Gasteiger partial charge is 0.296 e. The Bertz CT molecular complexity index is 3940. The number of anilines is 2. The van der Waals surface area contributed by atoms with Gasteiger partial charge in [-0.25, -0.2) is 4.98 Å². The molecule has 0 fully saturated rings. The normalized spacial score (nSPS) is 15.3. The molecule has 1 atom stereocenters. The lowest BCUT2D eigenvalue weighted by atomic mass is 9.95. The number of fused-ring (bicyclic) bond motifs is 3. The van der Waals surface area contributed by atoms with Crippen molar-refractivity contribution in [2.45, 2.75) is 38.8 Å². The van der Waals surface area contributed by atoms with Crippen molar-refractivity contribution in [3.8, 4) is 0 Å². The highest BCUT2D eigenvalue weighted by atomic mass is 32.2. The van der Waals surface area contributed by atoms with Gasteiger partial charge in [-0.05, 0) is 66.6 Å². The van der Waals surface area contributed by atoms with Gasteiger partial charge in [-0.3, -0.25) is 37.4 Å². The first-order valence-electron chi connectivity index (χ1n) is 18.4. The van der Waals surface area contributed by atoms with Gasteiger partial charge in [0.05, 0.1) is 43.2 Å². The van der Waals surface area contributed by atoms with E-state index in [1.165, 1.54) is 36.4 Å². The zero-order valence-corrected chi connectivity index (χ0v) is 35.3. The van der Waals surface area contributed by atoms with E-state index in [2.05, 4.69) is 10.3 Å². The van der Waals surface area contributed by atoms with Gasteiger partial charge in [-0.2, -0.15) is 33.7 Å². The first-order valence-corrected chi connectivity index (χ1v) is 24.2. The number of hydrogen-bond donors (Lipinski definition) is 6. The lowest BCUT2D eigenvalue weighted by Crippen LogP contribution is -2.33. The van der Waals surface area contributed by atoms with Crippen LogP contribution in [0.25, 0.3) is 27.4 Å². The molecule has 23 heteroatoms. The van der Waals surface area contributed by atoms with E-state index in [-0.39, 0.29) is 45.5 Å². The summed E-state index contributed by atoms with van der Waals surface area (Å²) in [5.74, 6) is -3.58. The summed E-state index contributed by atoms with van der Waals surface area (Å²) in [6, 6.07) is 17.9. The molecule has 19 nitrogen and oxygen atoms in total. The van der Waals surface area contributed by atoms with Crippen LogP contribution in [-0.2, 0) is 46.9 Å². The summed E-state index contributed by atoms with van der Waals surface area (Å²) < 4.78 is 141. The van der Waals surface area contributed by atoms with Crippen LogP contribution < -0.4 is 21.5 Å². The topological polar surface area (TPSA) is 331 Å². The number of nitrogens with zero attached hydrogens (tertiary/aromatic N) is 1. The number of benzene rings is 5. The highest BCUT2D eigenvalue weighted by molar-refractivity contribution is 7.87. The second kappa shape index (κ2) is 15.3. The molecule has 0 spiro atoms. The molecule has 0 saturated heterocycles. The van der Waals surface area contributed by atoms with Crippen molar-refractivity contribution in [3.63, 3.8) is 0 Å². The number of aromatic nitrogens is 1. The van der Waals surface area contributed by atoms with Crippen LogP contribution in [-0.4, -0.2) is 73.5 Å². The Hall–Kier alpha value is -6.57. The van der Waals surface area contributed by atoms with E-state index >= 15 is 0 Å². The maximum absolute atomic E-state index is 14.5. The molecule has 0 amide bonds. The van der Waals surface area contributed by atoms with Gasteiger partial charge in [0.25, 0.3) is 46.0 Å². The maximum atomic E-state index is 14.5.